The number of piperidine rings is 1. The van der Waals surface area contributed by atoms with E-state index >= 15 is 0 Å². The SMILES string of the molecule is CC(C(=O)N1CCC2(CCCCC2)CC1)N1CCNCC1. The summed E-state index contributed by atoms with van der Waals surface area (Å²) in [7, 11) is 0. The van der Waals surface area contributed by atoms with Crippen molar-refractivity contribution in [3.63, 3.8) is 0 Å². The molecule has 1 unspecified atom stereocenters. The molecule has 0 bridgehead atoms. The van der Waals surface area contributed by atoms with E-state index in [2.05, 4.69) is 22.0 Å². The standard InChI is InChI=1S/C17H31N3O/c1-15(19-13-9-18-10-14-19)16(21)20-11-7-17(8-12-20)5-3-2-4-6-17/h15,18H,2-14H2,1H3. The third-order valence-corrected chi connectivity index (χ3v) is 6.11. The van der Waals surface area contributed by atoms with E-state index < -0.39 is 0 Å². The number of hydrogen-bond donors (Lipinski definition) is 1. The minimum absolute atomic E-state index is 0.0625. The van der Waals surface area contributed by atoms with E-state index in [1.807, 2.05) is 0 Å². The summed E-state index contributed by atoms with van der Waals surface area (Å²) in [6.45, 7) is 8.12. The number of nitrogens with zero attached hydrogens (tertiary/aromatic N) is 2. The molecule has 0 aromatic heterocycles. The van der Waals surface area contributed by atoms with Crippen molar-refractivity contribution in [3.8, 4) is 0 Å². The molecule has 120 valence electrons. The minimum Gasteiger partial charge on any atom is -0.341 e. The lowest BCUT2D eigenvalue weighted by Gasteiger charge is -2.45. The molecule has 1 atom stereocenters. The fourth-order valence-electron chi connectivity index (χ4n) is 4.49. The van der Waals surface area contributed by atoms with Gasteiger partial charge in [-0.1, -0.05) is 19.3 Å². The second-order valence-corrected chi connectivity index (χ2v) is 7.35. The van der Waals surface area contributed by atoms with Crippen molar-refractivity contribution in [1.29, 1.82) is 0 Å². The summed E-state index contributed by atoms with van der Waals surface area (Å²) in [5.74, 6) is 0.363. The van der Waals surface area contributed by atoms with Crippen molar-refractivity contribution in [3.05, 3.63) is 0 Å². The molecule has 1 aliphatic carbocycles. The monoisotopic (exact) mass is 293 g/mol. The molecule has 2 aliphatic heterocycles. The third kappa shape index (κ3) is 3.42. The number of likely N-dealkylation sites (tertiary alicyclic amines) is 1. The van der Waals surface area contributed by atoms with E-state index in [1.165, 1.54) is 44.9 Å². The van der Waals surface area contributed by atoms with Gasteiger partial charge in [0.05, 0.1) is 6.04 Å². The zero-order valence-electron chi connectivity index (χ0n) is 13.6. The maximum atomic E-state index is 12.7. The summed E-state index contributed by atoms with van der Waals surface area (Å²) in [6.07, 6.45) is 9.53. The van der Waals surface area contributed by atoms with Gasteiger partial charge in [-0.15, -0.1) is 0 Å². The molecule has 2 saturated heterocycles. The Balaban J connectivity index is 1.52. The summed E-state index contributed by atoms with van der Waals surface area (Å²) in [5, 5.41) is 3.36. The summed E-state index contributed by atoms with van der Waals surface area (Å²) in [5.41, 5.74) is 0.591. The van der Waals surface area contributed by atoms with Crippen LogP contribution in [0.15, 0.2) is 0 Å². The molecular formula is C17H31N3O. The molecule has 1 spiro atoms. The van der Waals surface area contributed by atoms with Crippen LogP contribution < -0.4 is 5.32 Å². The van der Waals surface area contributed by atoms with Crippen LogP contribution in [0.2, 0.25) is 0 Å². The maximum absolute atomic E-state index is 12.7. The Bertz CT molecular complexity index is 349. The number of nitrogens with one attached hydrogen (secondary N) is 1. The first-order valence-corrected chi connectivity index (χ1v) is 8.94. The lowest BCUT2D eigenvalue weighted by Crippen LogP contribution is -2.55. The number of carbonyl (C=O) groups is 1. The molecule has 3 aliphatic rings. The van der Waals surface area contributed by atoms with Crippen LogP contribution in [0.3, 0.4) is 0 Å². The highest BCUT2D eigenvalue weighted by atomic mass is 16.2. The zero-order chi connectivity index (χ0) is 14.7. The maximum Gasteiger partial charge on any atom is 0.239 e. The van der Waals surface area contributed by atoms with E-state index in [0.29, 0.717) is 11.3 Å². The van der Waals surface area contributed by atoms with Gasteiger partial charge in [-0.25, -0.2) is 0 Å². The number of piperazine rings is 1. The summed E-state index contributed by atoms with van der Waals surface area (Å²) in [6, 6.07) is 0.0625. The highest BCUT2D eigenvalue weighted by Crippen LogP contribution is 2.44. The Morgan fingerprint density at radius 1 is 0.952 bits per heavy atom. The van der Waals surface area contributed by atoms with Gasteiger partial charge in [0.2, 0.25) is 5.91 Å². The Kier molecular flexibility index (Phi) is 4.85. The Morgan fingerprint density at radius 3 is 2.19 bits per heavy atom. The van der Waals surface area contributed by atoms with Gasteiger partial charge in [0.25, 0.3) is 0 Å². The largest absolute Gasteiger partial charge is 0.341 e. The van der Waals surface area contributed by atoms with Gasteiger partial charge < -0.3 is 10.2 Å². The van der Waals surface area contributed by atoms with Crippen LogP contribution in [0.4, 0.5) is 0 Å². The molecule has 1 amide bonds. The quantitative estimate of drug-likeness (QED) is 0.844. The number of amides is 1. The van der Waals surface area contributed by atoms with Crippen LogP contribution >= 0.6 is 0 Å². The van der Waals surface area contributed by atoms with Crippen LogP contribution in [-0.2, 0) is 4.79 Å². The molecule has 4 heteroatoms. The van der Waals surface area contributed by atoms with Crippen LogP contribution in [0.1, 0.15) is 51.9 Å². The first kappa shape index (κ1) is 15.3. The molecule has 21 heavy (non-hydrogen) atoms. The van der Waals surface area contributed by atoms with Crippen molar-refractivity contribution >= 4 is 5.91 Å². The highest BCUT2D eigenvalue weighted by Gasteiger charge is 2.38. The van der Waals surface area contributed by atoms with Crippen LogP contribution in [0.25, 0.3) is 0 Å². The lowest BCUT2D eigenvalue weighted by atomic mass is 9.68. The molecule has 4 nitrogen and oxygen atoms in total. The van der Waals surface area contributed by atoms with Crippen LogP contribution in [0.5, 0.6) is 0 Å². The van der Waals surface area contributed by atoms with Gasteiger partial charge in [0.15, 0.2) is 0 Å². The second-order valence-electron chi connectivity index (χ2n) is 7.35. The van der Waals surface area contributed by atoms with Crippen molar-refractivity contribution in [2.24, 2.45) is 5.41 Å². The normalized spacial score (nSPS) is 28.5. The molecule has 1 saturated carbocycles. The molecule has 3 rings (SSSR count). The van der Waals surface area contributed by atoms with E-state index in [0.717, 1.165) is 39.3 Å². The summed E-state index contributed by atoms with van der Waals surface area (Å²) < 4.78 is 0. The molecule has 1 N–H and O–H groups in total. The van der Waals surface area contributed by atoms with Crippen molar-refractivity contribution in [2.45, 2.75) is 57.9 Å². The molecule has 3 fully saturated rings. The first-order valence-electron chi connectivity index (χ1n) is 8.94. The summed E-state index contributed by atoms with van der Waals surface area (Å²) >= 11 is 0. The highest BCUT2D eigenvalue weighted by molar-refractivity contribution is 5.81. The van der Waals surface area contributed by atoms with Gasteiger partial charge >= 0.3 is 0 Å². The van der Waals surface area contributed by atoms with E-state index in [1.54, 1.807) is 0 Å². The summed E-state index contributed by atoms with van der Waals surface area (Å²) in [4.78, 5) is 17.2. The zero-order valence-corrected chi connectivity index (χ0v) is 13.6. The van der Waals surface area contributed by atoms with Gasteiger partial charge in [-0.2, -0.15) is 0 Å². The average molecular weight is 293 g/mol. The van der Waals surface area contributed by atoms with Crippen LogP contribution in [0, 0.1) is 5.41 Å². The number of hydrogen-bond acceptors (Lipinski definition) is 3. The molecule has 2 heterocycles. The molecule has 0 radical (unpaired) electrons. The first-order chi connectivity index (χ1) is 10.2. The molecule has 0 aromatic carbocycles. The van der Waals surface area contributed by atoms with Crippen molar-refractivity contribution in [2.75, 3.05) is 39.3 Å². The second kappa shape index (κ2) is 6.66. The predicted octanol–water partition coefficient (Wildman–Crippen LogP) is 1.85. The predicted molar refractivity (Wildman–Crippen MR) is 85.2 cm³/mol. The lowest BCUT2D eigenvalue weighted by molar-refractivity contribution is -0.139. The van der Waals surface area contributed by atoms with E-state index in [9.17, 15) is 4.79 Å². The average Bonchev–Trinajstić information content (AvgIpc) is 2.56. The fraction of sp³-hybridized carbons (Fsp3) is 0.941. The van der Waals surface area contributed by atoms with E-state index in [-0.39, 0.29) is 6.04 Å². The smallest absolute Gasteiger partial charge is 0.239 e. The van der Waals surface area contributed by atoms with Gasteiger partial charge in [0, 0.05) is 39.3 Å². The Hall–Kier alpha value is -0.610. The van der Waals surface area contributed by atoms with Gasteiger partial charge in [-0.05, 0) is 38.0 Å². The Labute approximate surface area is 129 Å². The number of rotatable bonds is 2. The minimum atomic E-state index is 0.0625. The fourth-order valence-corrected chi connectivity index (χ4v) is 4.49. The van der Waals surface area contributed by atoms with Crippen molar-refractivity contribution in [1.82, 2.24) is 15.1 Å². The van der Waals surface area contributed by atoms with E-state index in [4.69, 9.17) is 0 Å². The van der Waals surface area contributed by atoms with Crippen LogP contribution in [-0.4, -0.2) is 61.0 Å². The van der Waals surface area contributed by atoms with Crippen molar-refractivity contribution < 1.29 is 4.79 Å². The third-order valence-electron chi connectivity index (χ3n) is 6.11. The van der Waals surface area contributed by atoms with Gasteiger partial charge in [-0.3, -0.25) is 9.69 Å². The van der Waals surface area contributed by atoms with Gasteiger partial charge in [0.1, 0.15) is 0 Å². The molecule has 0 aromatic rings. The Morgan fingerprint density at radius 2 is 1.57 bits per heavy atom. The topological polar surface area (TPSA) is 35.6 Å². The number of carbonyl (C=O) groups excluding carboxylic acids is 1. The molecular weight excluding hydrogens is 262 g/mol.